The van der Waals surface area contributed by atoms with E-state index in [9.17, 15) is 9.59 Å². The van der Waals surface area contributed by atoms with Crippen molar-refractivity contribution in [2.75, 3.05) is 13.1 Å². The summed E-state index contributed by atoms with van der Waals surface area (Å²) in [5, 5.41) is 8.78. The quantitative estimate of drug-likeness (QED) is 0.652. The summed E-state index contributed by atoms with van der Waals surface area (Å²) in [5.74, 6) is -1.16. The molecule has 14 heavy (non-hydrogen) atoms. The molecule has 0 aromatic rings. The number of aliphatic carboxylic acids is 1. The van der Waals surface area contributed by atoms with Crippen molar-refractivity contribution in [3.63, 3.8) is 0 Å². The van der Waals surface area contributed by atoms with Crippen LogP contribution in [-0.4, -0.2) is 41.0 Å². The summed E-state index contributed by atoms with van der Waals surface area (Å²) in [6.07, 6.45) is 1.35. The van der Waals surface area contributed by atoms with E-state index in [1.165, 1.54) is 0 Å². The van der Waals surface area contributed by atoms with Crippen LogP contribution in [0.4, 0.5) is 0 Å². The number of amides is 1. The molecule has 1 fully saturated rings. The number of carboxylic acid groups (broad SMARTS) is 1. The maximum absolute atomic E-state index is 10.9. The molecule has 0 bridgehead atoms. The average Bonchev–Trinajstić information content (AvgIpc) is 2.16. The fourth-order valence-corrected chi connectivity index (χ4v) is 1.73. The van der Waals surface area contributed by atoms with Crippen LogP contribution >= 0.6 is 0 Å². The number of nitrogens with two attached hydrogens (primary N) is 1. The average molecular weight is 200 g/mol. The van der Waals surface area contributed by atoms with E-state index in [1.807, 2.05) is 4.90 Å². The van der Waals surface area contributed by atoms with Crippen LogP contribution in [0.1, 0.15) is 19.8 Å². The van der Waals surface area contributed by atoms with Crippen LogP contribution in [0.3, 0.4) is 0 Å². The summed E-state index contributed by atoms with van der Waals surface area (Å²) in [4.78, 5) is 23.4. The molecule has 1 rings (SSSR count). The molecule has 0 saturated carbocycles. The zero-order chi connectivity index (χ0) is 10.7. The molecule has 3 N–H and O–H groups in total. The molecule has 1 aliphatic rings. The predicted octanol–water partition coefficient (Wildman–Crippen LogP) is -0.343. The van der Waals surface area contributed by atoms with Gasteiger partial charge in [0.05, 0.1) is 0 Å². The van der Waals surface area contributed by atoms with Gasteiger partial charge >= 0.3 is 5.97 Å². The van der Waals surface area contributed by atoms with Crippen LogP contribution in [-0.2, 0) is 9.59 Å². The van der Waals surface area contributed by atoms with E-state index in [0.29, 0.717) is 25.9 Å². The van der Waals surface area contributed by atoms with Crippen LogP contribution in [0.25, 0.3) is 0 Å². The molecule has 0 spiro atoms. The summed E-state index contributed by atoms with van der Waals surface area (Å²) < 4.78 is 0. The normalized spacial score (nSPS) is 21.8. The highest BCUT2D eigenvalue weighted by atomic mass is 16.4. The fourth-order valence-electron chi connectivity index (χ4n) is 1.73. The van der Waals surface area contributed by atoms with Crippen LogP contribution in [0.2, 0.25) is 0 Å². The lowest BCUT2D eigenvalue weighted by Crippen LogP contribution is -2.45. The molecule has 0 radical (unpaired) electrons. The molecule has 1 amide bonds. The Bertz CT molecular complexity index is 234. The van der Waals surface area contributed by atoms with E-state index in [-0.39, 0.29) is 11.8 Å². The Morgan fingerprint density at radius 2 is 1.93 bits per heavy atom. The van der Waals surface area contributed by atoms with Crippen LogP contribution < -0.4 is 5.73 Å². The van der Waals surface area contributed by atoms with Crippen molar-refractivity contribution in [3.05, 3.63) is 0 Å². The molecule has 0 aromatic carbocycles. The van der Waals surface area contributed by atoms with Gasteiger partial charge in [-0.25, -0.2) is 0 Å². The molecule has 80 valence electrons. The SMILES string of the molecule is CC(C(=O)O)N1CCC(C(N)=O)CC1. The molecular weight excluding hydrogens is 184 g/mol. The van der Waals surface area contributed by atoms with Crippen molar-refractivity contribution in [2.24, 2.45) is 11.7 Å². The Kier molecular flexibility index (Phi) is 3.46. The second kappa shape index (κ2) is 4.41. The van der Waals surface area contributed by atoms with Crippen molar-refractivity contribution in [2.45, 2.75) is 25.8 Å². The number of carboxylic acids is 1. The van der Waals surface area contributed by atoms with Crippen LogP contribution in [0, 0.1) is 5.92 Å². The fraction of sp³-hybridized carbons (Fsp3) is 0.778. The second-order valence-corrected chi connectivity index (χ2v) is 3.73. The molecule has 5 heteroatoms. The monoisotopic (exact) mass is 200 g/mol. The van der Waals surface area contributed by atoms with Gasteiger partial charge in [0.1, 0.15) is 6.04 Å². The number of carbonyl (C=O) groups excluding carboxylic acids is 1. The predicted molar refractivity (Wildman–Crippen MR) is 50.6 cm³/mol. The van der Waals surface area contributed by atoms with E-state index < -0.39 is 12.0 Å². The molecule has 1 heterocycles. The number of primary amides is 1. The Morgan fingerprint density at radius 1 is 1.43 bits per heavy atom. The van der Waals surface area contributed by atoms with E-state index in [2.05, 4.69) is 0 Å². The van der Waals surface area contributed by atoms with Crippen LogP contribution in [0.5, 0.6) is 0 Å². The molecule has 1 aliphatic heterocycles. The lowest BCUT2D eigenvalue weighted by molar-refractivity contribution is -0.143. The molecular formula is C9H16N2O3. The lowest BCUT2D eigenvalue weighted by atomic mass is 9.95. The first-order valence-corrected chi connectivity index (χ1v) is 4.78. The minimum Gasteiger partial charge on any atom is -0.480 e. The molecule has 1 atom stereocenters. The van der Waals surface area contributed by atoms with Crippen molar-refractivity contribution < 1.29 is 14.7 Å². The van der Waals surface area contributed by atoms with Crippen LogP contribution in [0.15, 0.2) is 0 Å². The maximum Gasteiger partial charge on any atom is 0.320 e. The maximum atomic E-state index is 10.9. The number of piperidine rings is 1. The Morgan fingerprint density at radius 3 is 2.29 bits per heavy atom. The molecule has 0 aliphatic carbocycles. The van der Waals surface area contributed by atoms with Gasteiger partial charge in [-0.05, 0) is 32.9 Å². The van der Waals surface area contributed by atoms with Gasteiger partial charge in [0.15, 0.2) is 0 Å². The highest BCUT2D eigenvalue weighted by molar-refractivity contribution is 5.77. The van der Waals surface area contributed by atoms with Gasteiger partial charge in [-0.1, -0.05) is 0 Å². The van der Waals surface area contributed by atoms with Crippen molar-refractivity contribution >= 4 is 11.9 Å². The molecule has 1 saturated heterocycles. The number of hydrogen-bond acceptors (Lipinski definition) is 3. The smallest absolute Gasteiger partial charge is 0.320 e. The molecule has 0 aromatic heterocycles. The first kappa shape index (κ1) is 11.0. The summed E-state index contributed by atoms with van der Waals surface area (Å²) in [7, 11) is 0. The van der Waals surface area contributed by atoms with Crippen molar-refractivity contribution in [1.29, 1.82) is 0 Å². The van der Waals surface area contributed by atoms with Gasteiger partial charge in [-0.3, -0.25) is 14.5 Å². The van der Waals surface area contributed by atoms with Gasteiger partial charge < -0.3 is 10.8 Å². The number of carbonyl (C=O) groups is 2. The minimum atomic E-state index is -0.817. The minimum absolute atomic E-state index is 0.0766. The Hall–Kier alpha value is -1.10. The number of rotatable bonds is 3. The van der Waals surface area contributed by atoms with Gasteiger partial charge in [-0.2, -0.15) is 0 Å². The van der Waals surface area contributed by atoms with Crippen molar-refractivity contribution in [1.82, 2.24) is 4.90 Å². The van der Waals surface area contributed by atoms with Gasteiger partial charge in [-0.15, -0.1) is 0 Å². The number of nitrogens with zero attached hydrogens (tertiary/aromatic N) is 1. The Labute approximate surface area is 82.9 Å². The molecule has 1 unspecified atom stereocenters. The molecule has 5 nitrogen and oxygen atoms in total. The summed E-state index contributed by atoms with van der Waals surface area (Å²) in [6, 6.07) is -0.469. The topological polar surface area (TPSA) is 83.6 Å². The largest absolute Gasteiger partial charge is 0.480 e. The zero-order valence-corrected chi connectivity index (χ0v) is 8.27. The third-order valence-electron chi connectivity index (χ3n) is 2.84. The summed E-state index contributed by atoms with van der Waals surface area (Å²) >= 11 is 0. The van der Waals surface area contributed by atoms with E-state index in [0.717, 1.165) is 0 Å². The Balaban J connectivity index is 2.43. The summed E-state index contributed by atoms with van der Waals surface area (Å²) in [5.41, 5.74) is 5.17. The number of likely N-dealkylation sites (tertiary alicyclic amines) is 1. The highest BCUT2D eigenvalue weighted by Gasteiger charge is 2.28. The lowest BCUT2D eigenvalue weighted by Gasteiger charge is -2.32. The highest BCUT2D eigenvalue weighted by Crippen LogP contribution is 2.18. The van der Waals surface area contributed by atoms with E-state index in [4.69, 9.17) is 10.8 Å². The first-order valence-electron chi connectivity index (χ1n) is 4.78. The third-order valence-corrected chi connectivity index (χ3v) is 2.84. The third kappa shape index (κ3) is 2.45. The van der Waals surface area contributed by atoms with Gasteiger partial charge in [0.2, 0.25) is 5.91 Å². The van der Waals surface area contributed by atoms with Gasteiger partial charge in [0, 0.05) is 5.92 Å². The van der Waals surface area contributed by atoms with Gasteiger partial charge in [0.25, 0.3) is 0 Å². The van der Waals surface area contributed by atoms with E-state index in [1.54, 1.807) is 6.92 Å². The standard InChI is InChI=1S/C9H16N2O3/c1-6(9(13)14)11-4-2-7(3-5-11)8(10)12/h6-7H,2-5H2,1H3,(H2,10,12)(H,13,14). The number of hydrogen-bond donors (Lipinski definition) is 2. The first-order chi connectivity index (χ1) is 6.52. The van der Waals surface area contributed by atoms with Crippen molar-refractivity contribution in [3.8, 4) is 0 Å². The zero-order valence-electron chi connectivity index (χ0n) is 8.27. The van der Waals surface area contributed by atoms with E-state index >= 15 is 0 Å². The summed E-state index contributed by atoms with van der Waals surface area (Å²) in [6.45, 7) is 2.94. The second-order valence-electron chi connectivity index (χ2n) is 3.73.